The SMILES string of the molecule is O=c1c(C2CCCCC2)c(O)nc2ccccn12. The summed E-state index contributed by atoms with van der Waals surface area (Å²) in [5.41, 5.74) is 0.878. The van der Waals surface area contributed by atoms with Gasteiger partial charge in [-0.25, -0.2) is 0 Å². The van der Waals surface area contributed by atoms with Crippen molar-refractivity contribution in [2.75, 3.05) is 0 Å². The molecule has 4 nitrogen and oxygen atoms in total. The fraction of sp³-hybridized carbons (Fsp3) is 0.429. The smallest absolute Gasteiger partial charge is 0.265 e. The number of aromatic hydroxyl groups is 1. The predicted molar refractivity (Wildman–Crippen MR) is 69.0 cm³/mol. The van der Waals surface area contributed by atoms with Crippen LogP contribution in [0, 0.1) is 0 Å². The van der Waals surface area contributed by atoms with E-state index in [1.165, 1.54) is 10.8 Å². The molecule has 2 aromatic rings. The molecule has 0 atom stereocenters. The highest BCUT2D eigenvalue weighted by Crippen LogP contribution is 2.34. The number of fused-ring (bicyclic) bond motifs is 1. The fourth-order valence-corrected chi connectivity index (χ4v) is 2.84. The molecule has 3 rings (SSSR count). The largest absolute Gasteiger partial charge is 0.493 e. The number of rotatable bonds is 1. The quantitative estimate of drug-likeness (QED) is 0.838. The van der Waals surface area contributed by atoms with Gasteiger partial charge in [0, 0.05) is 6.20 Å². The molecule has 1 saturated carbocycles. The lowest BCUT2D eigenvalue weighted by molar-refractivity contribution is 0.400. The molecule has 0 radical (unpaired) electrons. The van der Waals surface area contributed by atoms with Crippen molar-refractivity contribution in [3.05, 3.63) is 40.3 Å². The second-order valence-electron chi connectivity index (χ2n) is 4.92. The molecule has 0 saturated heterocycles. The summed E-state index contributed by atoms with van der Waals surface area (Å²) in [5, 5.41) is 10.0. The average molecular weight is 244 g/mol. The second kappa shape index (κ2) is 4.44. The Bertz CT molecular complexity index is 627. The van der Waals surface area contributed by atoms with Crippen LogP contribution in [0.3, 0.4) is 0 Å². The molecule has 2 heterocycles. The van der Waals surface area contributed by atoms with Crippen LogP contribution in [0.15, 0.2) is 29.2 Å². The van der Waals surface area contributed by atoms with E-state index in [1.54, 1.807) is 18.3 Å². The minimum Gasteiger partial charge on any atom is -0.493 e. The van der Waals surface area contributed by atoms with Crippen molar-refractivity contribution in [2.45, 2.75) is 38.0 Å². The van der Waals surface area contributed by atoms with Crippen LogP contribution < -0.4 is 5.56 Å². The molecule has 0 amide bonds. The molecule has 1 N–H and O–H groups in total. The summed E-state index contributed by atoms with van der Waals surface area (Å²) in [6, 6.07) is 5.34. The number of pyridine rings is 1. The average Bonchev–Trinajstić information content (AvgIpc) is 2.40. The van der Waals surface area contributed by atoms with Gasteiger partial charge in [0.05, 0.1) is 5.56 Å². The monoisotopic (exact) mass is 244 g/mol. The van der Waals surface area contributed by atoms with Crippen molar-refractivity contribution >= 4 is 5.65 Å². The lowest BCUT2D eigenvalue weighted by atomic mass is 9.85. The van der Waals surface area contributed by atoms with Crippen molar-refractivity contribution in [3.63, 3.8) is 0 Å². The summed E-state index contributed by atoms with van der Waals surface area (Å²) in [6.07, 6.45) is 7.13. The molecule has 0 aliphatic heterocycles. The van der Waals surface area contributed by atoms with E-state index in [2.05, 4.69) is 4.98 Å². The lowest BCUT2D eigenvalue weighted by Gasteiger charge is -2.21. The Kier molecular flexibility index (Phi) is 2.78. The first kappa shape index (κ1) is 11.3. The van der Waals surface area contributed by atoms with Gasteiger partial charge in [-0.2, -0.15) is 4.98 Å². The molecular weight excluding hydrogens is 228 g/mol. The zero-order chi connectivity index (χ0) is 12.5. The zero-order valence-corrected chi connectivity index (χ0v) is 10.2. The van der Waals surface area contributed by atoms with Gasteiger partial charge in [0.25, 0.3) is 5.56 Å². The van der Waals surface area contributed by atoms with Crippen molar-refractivity contribution < 1.29 is 5.11 Å². The third-order valence-electron chi connectivity index (χ3n) is 3.76. The van der Waals surface area contributed by atoms with Gasteiger partial charge in [-0.15, -0.1) is 0 Å². The number of hydrogen-bond donors (Lipinski definition) is 1. The van der Waals surface area contributed by atoms with Crippen molar-refractivity contribution in [3.8, 4) is 5.88 Å². The molecule has 0 unspecified atom stereocenters. The summed E-state index contributed by atoms with van der Waals surface area (Å²) in [4.78, 5) is 16.5. The highest BCUT2D eigenvalue weighted by Gasteiger charge is 2.23. The highest BCUT2D eigenvalue weighted by molar-refractivity contribution is 5.43. The maximum absolute atomic E-state index is 12.4. The molecule has 1 aliphatic rings. The van der Waals surface area contributed by atoms with Crippen LogP contribution in [0.25, 0.3) is 5.65 Å². The van der Waals surface area contributed by atoms with Gasteiger partial charge in [-0.3, -0.25) is 9.20 Å². The first-order valence-electron chi connectivity index (χ1n) is 6.47. The minimum absolute atomic E-state index is 0.0851. The van der Waals surface area contributed by atoms with Crippen LogP contribution >= 0.6 is 0 Å². The van der Waals surface area contributed by atoms with Gasteiger partial charge in [0.1, 0.15) is 5.65 Å². The lowest BCUT2D eigenvalue weighted by Crippen LogP contribution is -2.23. The predicted octanol–water partition coefficient (Wildman–Crippen LogP) is 2.45. The second-order valence-corrected chi connectivity index (χ2v) is 4.92. The van der Waals surface area contributed by atoms with E-state index in [0.29, 0.717) is 11.2 Å². The van der Waals surface area contributed by atoms with Gasteiger partial charge in [-0.05, 0) is 30.9 Å². The van der Waals surface area contributed by atoms with Gasteiger partial charge in [-0.1, -0.05) is 25.3 Å². The normalized spacial score (nSPS) is 17.1. The van der Waals surface area contributed by atoms with Gasteiger partial charge < -0.3 is 5.11 Å². The van der Waals surface area contributed by atoms with E-state index in [4.69, 9.17) is 0 Å². The van der Waals surface area contributed by atoms with Crippen LogP contribution in [0.4, 0.5) is 0 Å². The highest BCUT2D eigenvalue weighted by atomic mass is 16.3. The summed E-state index contributed by atoms with van der Waals surface area (Å²) >= 11 is 0. The summed E-state index contributed by atoms with van der Waals surface area (Å²) < 4.78 is 1.52. The van der Waals surface area contributed by atoms with Crippen molar-refractivity contribution in [1.29, 1.82) is 0 Å². The van der Waals surface area contributed by atoms with Crippen LogP contribution in [0.5, 0.6) is 5.88 Å². The van der Waals surface area contributed by atoms with Crippen molar-refractivity contribution in [2.24, 2.45) is 0 Å². The van der Waals surface area contributed by atoms with E-state index < -0.39 is 0 Å². The summed E-state index contributed by atoms with van der Waals surface area (Å²) in [5.74, 6) is 0.0777. The fourth-order valence-electron chi connectivity index (χ4n) is 2.84. The van der Waals surface area contributed by atoms with Crippen LogP contribution in [0.2, 0.25) is 0 Å². The molecule has 18 heavy (non-hydrogen) atoms. The molecule has 0 spiro atoms. The van der Waals surface area contributed by atoms with Gasteiger partial charge in [0.2, 0.25) is 5.88 Å². The Morgan fingerprint density at radius 1 is 1.22 bits per heavy atom. The Morgan fingerprint density at radius 2 is 2.00 bits per heavy atom. The summed E-state index contributed by atoms with van der Waals surface area (Å²) in [7, 11) is 0. The molecule has 0 bridgehead atoms. The van der Waals surface area contributed by atoms with Gasteiger partial charge in [0.15, 0.2) is 0 Å². The maximum Gasteiger partial charge on any atom is 0.265 e. The molecular formula is C14H16N2O2. The van der Waals surface area contributed by atoms with E-state index >= 15 is 0 Å². The van der Waals surface area contributed by atoms with E-state index in [-0.39, 0.29) is 17.4 Å². The van der Waals surface area contributed by atoms with Crippen LogP contribution in [-0.2, 0) is 0 Å². The van der Waals surface area contributed by atoms with Crippen molar-refractivity contribution in [1.82, 2.24) is 9.38 Å². The Morgan fingerprint density at radius 3 is 2.78 bits per heavy atom. The van der Waals surface area contributed by atoms with Crippen LogP contribution in [-0.4, -0.2) is 14.5 Å². The van der Waals surface area contributed by atoms with E-state index in [9.17, 15) is 9.90 Å². The molecule has 4 heteroatoms. The summed E-state index contributed by atoms with van der Waals surface area (Å²) in [6.45, 7) is 0. The molecule has 1 fully saturated rings. The standard InChI is InChI=1S/C14H16N2O2/c17-13-12(10-6-2-1-3-7-10)14(18)16-9-5-4-8-11(16)15-13/h4-5,8-10,17H,1-3,6-7H2. The topological polar surface area (TPSA) is 54.6 Å². The minimum atomic E-state index is -0.120. The Labute approximate surface area is 105 Å². The Balaban J connectivity index is 2.19. The third-order valence-corrected chi connectivity index (χ3v) is 3.76. The van der Waals surface area contributed by atoms with E-state index in [1.807, 2.05) is 6.07 Å². The molecule has 0 aromatic carbocycles. The molecule has 1 aliphatic carbocycles. The van der Waals surface area contributed by atoms with Gasteiger partial charge >= 0.3 is 0 Å². The zero-order valence-electron chi connectivity index (χ0n) is 10.2. The molecule has 94 valence electrons. The first-order chi connectivity index (χ1) is 8.77. The maximum atomic E-state index is 12.4. The van der Waals surface area contributed by atoms with Crippen LogP contribution in [0.1, 0.15) is 43.6 Å². The number of nitrogens with zero attached hydrogens (tertiary/aromatic N) is 2. The Hall–Kier alpha value is -1.84. The third kappa shape index (κ3) is 1.78. The molecule has 2 aromatic heterocycles. The first-order valence-corrected chi connectivity index (χ1v) is 6.47. The van der Waals surface area contributed by atoms with E-state index in [0.717, 1.165) is 25.7 Å². The number of aromatic nitrogens is 2. The number of hydrogen-bond acceptors (Lipinski definition) is 3.